The van der Waals surface area contributed by atoms with Gasteiger partial charge in [-0.3, -0.25) is 9.59 Å². The molecule has 0 saturated heterocycles. The molecule has 1 N–H and O–H groups in total. The molecule has 114 valence electrons. The Morgan fingerprint density at radius 1 is 1.19 bits per heavy atom. The SMILES string of the molecule is C[C@@H](OC(=O)C1CCCC1)C(=O)Nc1cc(Cl)cc(Cl)c1. The lowest BCUT2D eigenvalue weighted by molar-refractivity contribution is -0.157. The maximum atomic E-state index is 12.0. The second-order valence-corrected chi connectivity index (χ2v) is 6.08. The van der Waals surface area contributed by atoms with E-state index in [0.29, 0.717) is 15.7 Å². The number of hydrogen-bond donors (Lipinski definition) is 1. The van der Waals surface area contributed by atoms with Gasteiger partial charge in [0.1, 0.15) is 0 Å². The fraction of sp³-hybridized carbons (Fsp3) is 0.467. The number of ether oxygens (including phenoxy) is 1. The smallest absolute Gasteiger partial charge is 0.309 e. The van der Waals surface area contributed by atoms with Crippen LogP contribution in [0.3, 0.4) is 0 Å². The van der Waals surface area contributed by atoms with Crippen molar-refractivity contribution in [2.24, 2.45) is 5.92 Å². The molecule has 0 radical (unpaired) electrons. The second-order valence-electron chi connectivity index (χ2n) is 5.21. The average molecular weight is 330 g/mol. The highest BCUT2D eigenvalue weighted by molar-refractivity contribution is 6.35. The van der Waals surface area contributed by atoms with Gasteiger partial charge in [-0.25, -0.2) is 0 Å². The van der Waals surface area contributed by atoms with Gasteiger partial charge in [0.25, 0.3) is 5.91 Å². The number of nitrogens with one attached hydrogen (secondary N) is 1. The fourth-order valence-corrected chi connectivity index (χ4v) is 2.88. The molecular formula is C15H17Cl2NO3. The molecule has 0 aliphatic heterocycles. The first kappa shape index (κ1) is 16.1. The van der Waals surface area contributed by atoms with Crippen LogP contribution in [0.1, 0.15) is 32.6 Å². The summed E-state index contributed by atoms with van der Waals surface area (Å²) in [5.41, 5.74) is 0.473. The Morgan fingerprint density at radius 2 is 1.76 bits per heavy atom. The van der Waals surface area contributed by atoms with Crippen LogP contribution in [0, 0.1) is 5.92 Å². The summed E-state index contributed by atoms with van der Waals surface area (Å²) in [6.45, 7) is 1.55. The summed E-state index contributed by atoms with van der Waals surface area (Å²) in [6, 6.07) is 4.73. The lowest BCUT2D eigenvalue weighted by Gasteiger charge is -2.16. The lowest BCUT2D eigenvalue weighted by Crippen LogP contribution is -2.31. The molecule has 0 spiro atoms. The van der Waals surface area contributed by atoms with E-state index in [0.717, 1.165) is 25.7 Å². The highest BCUT2D eigenvalue weighted by Crippen LogP contribution is 2.26. The normalized spacial score (nSPS) is 16.5. The van der Waals surface area contributed by atoms with E-state index >= 15 is 0 Å². The minimum atomic E-state index is -0.851. The number of anilines is 1. The highest BCUT2D eigenvalue weighted by atomic mass is 35.5. The molecule has 1 saturated carbocycles. The lowest BCUT2D eigenvalue weighted by atomic mass is 10.1. The molecule has 0 bridgehead atoms. The van der Waals surface area contributed by atoms with Gasteiger partial charge in [-0.1, -0.05) is 36.0 Å². The number of esters is 1. The third-order valence-electron chi connectivity index (χ3n) is 3.48. The van der Waals surface area contributed by atoms with Crippen LogP contribution < -0.4 is 5.32 Å². The Labute approximate surface area is 133 Å². The van der Waals surface area contributed by atoms with Crippen molar-refractivity contribution in [3.63, 3.8) is 0 Å². The topological polar surface area (TPSA) is 55.4 Å². The molecule has 1 fully saturated rings. The van der Waals surface area contributed by atoms with Crippen LogP contribution in [0.5, 0.6) is 0 Å². The maximum Gasteiger partial charge on any atom is 0.309 e. The van der Waals surface area contributed by atoms with Gasteiger partial charge in [0.2, 0.25) is 0 Å². The molecule has 0 aromatic heterocycles. The van der Waals surface area contributed by atoms with Crippen LogP contribution in [-0.4, -0.2) is 18.0 Å². The molecule has 1 aromatic rings. The summed E-state index contributed by atoms with van der Waals surface area (Å²) in [7, 11) is 0. The molecule has 1 aromatic carbocycles. The van der Waals surface area contributed by atoms with Gasteiger partial charge >= 0.3 is 5.97 Å². The van der Waals surface area contributed by atoms with E-state index in [4.69, 9.17) is 27.9 Å². The van der Waals surface area contributed by atoms with Crippen LogP contribution >= 0.6 is 23.2 Å². The number of benzene rings is 1. The molecule has 6 heteroatoms. The second kappa shape index (κ2) is 7.14. The molecule has 1 atom stereocenters. The van der Waals surface area contributed by atoms with Crippen LogP contribution in [0.2, 0.25) is 10.0 Å². The zero-order valence-electron chi connectivity index (χ0n) is 11.7. The van der Waals surface area contributed by atoms with Crippen molar-refractivity contribution >= 4 is 40.8 Å². The number of rotatable bonds is 4. The predicted octanol–water partition coefficient (Wildman–Crippen LogP) is 4.05. The fourth-order valence-electron chi connectivity index (χ4n) is 2.36. The third kappa shape index (κ3) is 4.61. The van der Waals surface area contributed by atoms with E-state index < -0.39 is 12.0 Å². The zero-order valence-corrected chi connectivity index (χ0v) is 13.2. The van der Waals surface area contributed by atoms with Crippen LogP contribution in [0.15, 0.2) is 18.2 Å². The van der Waals surface area contributed by atoms with E-state index in [1.165, 1.54) is 0 Å². The molecule has 2 rings (SSSR count). The van der Waals surface area contributed by atoms with Gasteiger partial charge in [0.05, 0.1) is 5.92 Å². The number of carbonyl (C=O) groups is 2. The van der Waals surface area contributed by atoms with Crippen molar-refractivity contribution < 1.29 is 14.3 Å². The van der Waals surface area contributed by atoms with Crippen LogP contribution in [0.25, 0.3) is 0 Å². The maximum absolute atomic E-state index is 12.0. The number of amides is 1. The number of hydrogen-bond acceptors (Lipinski definition) is 3. The van der Waals surface area contributed by atoms with Crippen LogP contribution in [0.4, 0.5) is 5.69 Å². The van der Waals surface area contributed by atoms with Crippen molar-refractivity contribution in [1.82, 2.24) is 0 Å². The van der Waals surface area contributed by atoms with Gasteiger partial charge in [-0.2, -0.15) is 0 Å². The van der Waals surface area contributed by atoms with E-state index in [-0.39, 0.29) is 11.9 Å². The summed E-state index contributed by atoms with van der Waals surface area (Å²) in [5.74, 6) is -0.764. The number of halogens is 2. The highest BCUT2D eigenvalue weighted by Gasteiger charge is 2.27. The summed E-state index contributed by atoms with van der Waals surface area (Å²) in [5, 5.41) is 3.48. The molecule has 1 aliphatic carbocycles. The Morgan fingerprint density at radius 3 is 2.33 bits per heavy atom. The standard InChI is InChI=1S/C15H17Cl2NO3/c1-9(21-15(20)10-4-2-3-5-10)14(19)18-13-7-11(16)6-12(17)8-13/h6-10H,2-5H2,1H3,(H,18,19)/t9-/m1/s1. The van der Waals surface area contributed by atoms with Gasteiger partial charge in [-0.05, 0) is 38.0 Å². The monoisotopic (exact) mass is 329 g/mol. The molecule has 1 amide bonds. The average Bonchev–Trinajstić information content (AvgIpc) is 2.91. The Hall–Kier alpha value is -1.26. The third-order valence-corrected chi connectivity index (χ3v) is 3.92. The molecular weight excluding hydrogens is 313 g/mol. The van der Waals surface area contributed by atoms with Crippen LogP contribution in [-0.2, 0) is 14.3 Å². The number of carbonyl (C=O) groups excluding carboxylic acids is 2. The van der Waals surface area contributed by atoms with Crippen molar-refractivity contribution in [3.8, 4) is 0 Å². The zero-order chi connectivity index (χ0) is 15.4. The van der Waals surface area contributed by atoms with Crippen molar-refractivity contribution in [1.29, 1.82) is 0 Å². The van der Waals surface area contributed by atoms with Gasteiger partial charge in [-0.15, -0.1) is 0 Å². The van der Waals surface area contributed by atoms with Crippen molar-refractivity contribution in [2.45, 2.75) is 38.7 Å². The van der Waals surface area contributed by atoms with Crippen molar-refractivity contribution in [3.05, 3.63) is 28.2 Å². The molecule has 0 heterocycles. The first-order chi connectivity index (χ1) is 9.95. The minimum Gasteiger partial charge on any atom is -0.452 e. The van der Waals surface area contributed by atoms with E-state index in [1.807, 2.05) is 0 Å². The van der Waals surface area contributed by atoms with Crippen molar-refractivity contribution in [2.75, 3.05) is 5.32 Å². The van der Waals surface area contributed by atoms with Gasteiger partial charge < -0.3 is 10.1 Å². The summed E-state index contributed by atoms with van der Waals surface area (Å²) in [6.07, 6.45) is 2.92. The summed E-state index contributed by atoms with van der Waals surface area (Å²) in [4.78, 5) is 23.9. The molecule has 4 nitrogen and oxygen atoms in total. The Balaban J connectivity index is 1.91. The largest absolute Gasteiger partial charge is 0.452 e. The Bertz CT molecular complexity index is 521. The van der Waals surface area contributed by atoms with E-state index in [1.54, 1.807) is 25.1 Å². The van der Waals surface area contributed by atoms with E-state index in [9.17, 15) is 9.59 Å². The molecule has 1 aliphatic rings. The summed E-state index contributed by atoms with van der Waals surface area (Å²) >= 11 is 11.7. The first-order valence-electron chi connectivity index (χ1n) is 6.93. The molecule has 0 unspecified atom stereocenters. The molecule has 21 heavy (non-hydrogen) atoms. The minimum absolute atomic E-state index is 0.0686. The Kier molecular flexibility index (Phi) is 5.48. The van der Waals surface area contributed by atoms with Gasteiger partial charge in [0, 0.05) is 15.7 Å². The summed E-state index contributed by atoms with van der Waals surface area (Å²) < 4.78 is 5.21. The van der Waals surface area contributed by atoms with Gasteiger partial charge in [0.15, 0.2) is 6.10 Å². The van der Waals surface area contributed by atoms with E-state index in [2.05, 4.69) is 5.32 Å². The quantitative estimate of drug-likeness (QED) is 0.847. The first-order valence-corrected chi connectivity index (χ1v) is 7.69. The predicted molar refractivity (Wildman–Crippen MR) is 82.6 cm³/mol.